The van der Waals surface area contributed by atoms with E-state index in [1.807, 2.05) is 0 Å². The van der Waals surface area contributed by atoms with Crippen LogP contribution in [0.4, 0.5) is 4.79 Å². The molecule has 1 rings (SSSR count). The number of urea groups is 1. The van der Waals surface area contributed by atoms with E-state index in [2.05, 4.69) is 15.6 Å². The van der Waals surface area contributed by atoms with Gasteiger partial charge in [-0.15, -0.1) is 0 Å². The Bertz CT molecular complexity index is 454. The van der Waals surface area contributed by atoms with E-state index in [1.165, 1.54) is 0 Å². The van der Waals surface area contributed by atoms with E-state index in [4.69, 9.17) is 10.2 Å². The minimum atomic E-state index is -1.64. The predicted octanol–water partition coefficient (Wildman–Crippen LogP) is -1.32. The fourth-order valence-electron chi connectivity index (χ4n) is 0.915. The molecule has 1 atom stereocenters. The molecule has 1 aromatic rings. The van der Waals surface area contributed by atoms with Gasteiger partial charge in [-0.05, 0) is 0 Å². The van der Waals surface area contributed by atoms with E-state index in [0.717, 1.165) is 11.3 Å². The van der Waals surface area contributed by atoms with Gasteiger partial charge in [0.25, 0.3) is 0 Å². The molecule has 1 aromatic heterocycles. The van der Waals surface area contributed by atoms with Crippen molar-refractivity contribution in [1.29, 1.82) is 0 Å². The molecule has 17 heavy (non-hydrogen) atoms. The second-order valence-electron chi connectivity index (χ2n) is 3.09. The molecule has 9 heteroatoms. The molecule has 0 aliphatic heterocycles. The summed E-state index contributed by atoms with van der Waals surface area (Å²) in [5.41, 5.74) is 0.550. The van der Waals surface area contributed by atoms with Crippen molar-refractivity contribution in [3.8, 4) is 0 Å². The number of aromatic nitrogens is 1. The third-order valence-corrected chi connectivity index (χ3v) is 2.47. The van der Waals surface area contributed by atoms with Crippen molar-refractivity contribution in [1.82, 2.24) is 15.6 Å². The first-order valence-corrected chi connectivity index (χ1v) is 5.46. The van der Waals surface area contributed by atoms with E-state index in [9.17, 15) is 14.4 Å². The highest BCUT2D eigenvalue weighted by atomic mass is 32.1. The summed E-state index contributed by atoms with van der Waals surface area (Å²) >= 11 is 0.978. The van der Waals surface area contributed by atoms with Crippen LogP contribution in [0.25, 0.3) is 0 Å². The van der Waals surface area contributed by atoms with Gasteiger partial charge in [0.15, 0.2) is 6.10 Å². The standard InChI is InChI=1S/C8H11N3O5S/c12-5(6(13)14)2-10-7(15)9-1-4-3-17-8(16)11-4/h3,5,12H,1-2H2,(H,11,16)(H,13,14)(H2,9,10,15). The summed E-state index contributed by atoms with van der Waals surface area (Å²) in [6.07, 6.45) is -1.64. The van der Waals surface area contributed by atoms with Crippen molar-refractivity contribution in [3.63, 3.8) is 0 Å². The van der Waals surface area contributed by atoms with Gasteiger partial charge >= 0.3 is 16.9 Å². The van der Waals surface area contributed by atoms with Gasteiger partial charge in [-0.2, -0.15) is 0 Å². The molecule has 1 unspecified atom stereocenters. The SMILES string of the molecule is O=C(NCc1csc(=O)[nH]1)NCC(O)C(=O)O. The summed E-state index contributed by atoms with van der Waals surface area (Å²) < 4.78 is 0. The first-order chi connectivity index (χ1) is 7.99. The van der Waals surface area contributed by atoms with Crippen LogP contribution in [0.3, 0.4) is 0 Å². The highest BCUT2D eigenvalue weighted by Crippen LogP contribution is 1.93. The molecule has 0 fully saturated rings. The Labute approximate surface area is 99.3 Å². The third-order valence-electron chi connectivity index (χ3n) is 1.75. The molecule has 8 nitrogen and oxygen atoms in total. The summed E-state index contributed by atoms with van der Waals surface area (Å²) in [6.45, 7) is -0.269. The van der Waals surface area contributed by atoms with Crippen molar-refractivity contribution in [2.24, 2.45) is 0 Å². The number of aliphatic hydroxyl groups excluding tert-OH is 1. The maximum Gasteiger partial charge on any atom is 0.334 e. The highest BCUT2D eigenvalue weighted by Gasteiger charge is 2.13. The summed E-state index contributed by atoms with van der Waals surface area (Å²) in [5.74, 6) is -1.41. The second kappa shape index (κ2) is 6.01. The lowest BCUT2D eigenvalue weighted by Gasteiger charge is -2.08. The zero-order valence-electron chi connectivity index (χ0n) is 8.60. The van der Waals surface area contributed by atoms with Crippen molar-refractivity contribution in [2.45, 2.75) is 12.6 Å². The molecule has 0 saturated carbocycles. The Balaban J connectivity index is 2.26. The number of hydrogen-bond acceptors (Lipinski definition) is 5. The van der Waals surface area contributed by atoms with E-state index in [-0.39, 0.29) is 18.0 Å². The number of carbonyl (C=O) groups excluding carboxylic acids is 1. The topological polar surface area (TPSA) is 132 Å². The monoisotopic (exact) mass is 261 g/mol. The van der Waals surface area contributed by atoms with Crippen molar-refractivity contribution in [3.05, 3.63) is 20.7 Å². The van der Waals surface area contributed by atoms with Crippen LogP contribution in [0.5, 0.6) is 0 Å². The number of thiazole rings is 1. The molecule has 0 aromatic carbocycles. The summed E-state index contributed by atoms with van der Waals surface area (Å²) in [5, 5.41) is 23.3. The fraction of sp³-hybridized carbons (Fsp3) is 0.375. The number of aliphatic carboxylic acids is 1. The number of carboxylic acid groups (broad SMARTS) is 1. The zero-order valence-corrected chi connectivity index (χ0v) is 9.41. The zero-order chi connectivity index (χ0) is 12.8. The number of aromatic amines is 1. The van der Waals surface area contributed by atoms with Crippen molar-refractivity contribution in [2.75, 3.05) is 6.54 Å². The molecule has 1 heterocycles. The molecule has 0 radical (unpaired) electrons. The summed E-state index contributed by atoms with van der Waals surface area (Å²) in [4.78, 5) is 34.4. The lowest BCUT2D eigenvalue weighted by Crippen LogP contribution is -2.41. The molecular formula is C8H11N3O5S. The van der Waals surface area contributed by atoms with Gasteiger partial charge in [-0.1, -0.05) is 11.3 Å². The average molecular weight is 261 g/mol. The molecule has 0 aliphatic carbocycles. The fourth-order valence-corrected chi connectivity index (χ4v) is 1.50. The first kappa shape index (κ1) is 13.2. The summed E-state index contributed by atoms with van der Waals surface area (Å²) in [6, 6.07) is -0.627. The number of amides is 2. The third kappa shape index (κ3) is 4.66. The van der Waals surface area contributed by atoms with Crippen molar-refractivity contribution >= 4 is 23.3 Å². The van der Waals surface area contributed by atoms with Crippen LogP contribution < -0.4 is 15.5 Å². The predicted molar refractivity (Wildman–Crippen MR) is 58.8 cm³/mol. The number of carboxylic acids is 1. The Morgan fingerprint density at radius 2 is 2.18 bits per heavy atom. The molecule has 0 bridgehead atoms. The van der Waals surface area contributed by atoms with Gasteiger partial charge in [0.1, 0.15) is 0 Å². The Kier molecular flexibility index (Phi) is 4.67. The number of hydrogen-bond donors (Lipinski definition) is 5. The molecule has 5 N–H and O–H groups in total. The molecular weight excluding hydrogens is 250 g/mol. The second-order valence-corrected chi connectivity index (χ2v) is 3.93. The highest BCUT2D eigenvalue weighted by molar-refractivity contribution is 7.07. The molecule has 0 spiro atoms. The van der Waals surface area contributed by atoms with Gasteiger partial charge in [0.05, 0.1) is 13.1 Å². The van der Waals surface area contributed by atoms with Gasteiger partial charge in [0.2, 0.25) is 0 Å². The number of H-pyrrole nitrogens is 1. The van der Waals surface area contributed by atoms with Gasteiger partial charge < -0.3 is 25.8 Å². The van der Waals surface area contributed by atoms with Crippen LogP contribution >= 0.6 is 11.3 Å². The van der Waals surface area contributed by atoms with Crippen LogP contribution in [0.15, 0.2) is 10.2 Å². The van der Waals surface area contributed by atoms with Gasteiger partial charge in [-0.25, -0.2) is 9.59 Å². The number of nitrogens with one attached hydrogen (secondary N) is 3. The smallest absolute Gasteiger partial charge is 0.334 e. The van der Waals surface area contributed by atoms with E-state index < -0.39 is 18.1 Å². The minimum absolute atomic E-state index is 0.119. The van der Waals surface area contributed by atoms with Crippen LogP contribution in [-0.2, 0) is 11.3 Å². The Hall–Kier alpha value is -1.87. The molecule has 0 aliphatic rings. The number of carbonyl (C=O) groups is 2. The minimum Gasteiger partial charge on any atom is -0.479 e. The van der Waals surface area contributed by atoms with E-state index in [0.29, 0.717) is 5.69 Å². The normalized spacial score (nSPS) is 11.8. The molecule has 0 saturated heterocycles. The number of aliphatic hydroxyl groups is 1. The van der Waals surface area contributed by atoms with E-state index >= 15 is 0 Å². The quantitative estimate of drug-likeness (QED) is 0.448. The van der Waals surface area contributed by atoms with Crippen LogP contribution in [-0.4, -0.2) is 39.8 Å². The Morgan fingerprint density at radius 3 is 2.71 bits per heavy atom. The lowest BCUT2D eigenvalue weighted by atomic mass is 10.4. The maximum atomic E-state index is 11.1. The largest absolute Gasteiger partial charge is 0.479 e. The number of rotatable bonds is 5. The van der Waals surface area contributed by atoms with Gasteiger partial charge in [-0.3, -0.25) is 4.79 Å². The summed E-state index contributed by atoms with van der Waals surface area (Å²) in [7, 11) is 0. The lowest BCUT2D eigenvalue weighted by molar-refractivity contribution is -0.146. The first-order valence-electron chi connectivity index (χ1n) is 4.58. The average Bonchev–Trinajstić information content (AvgIpc) is 2.69. The molecule has 94 valence electrons. The Morgan fingerprint density at radius 1 is 1.47 bits per heavy atom. The molecule has 2 amide bonds. The van der Waals surface area contributed by atoms with E-state index in [1.54, 1.807) is 5.38 Å². The van der Waals surface area contributed by atoms with Crippen molar-refractivity contribution < 1.29 is 19.8 Å². The van der Waals surface area contributed by atoms with Gasteiger partial charge in [0, 0.05) is 11.1 Å². The van der Waals surface area contributed by atoms with Crippen LogP contribution in [0.1, 0.15) is 5.69 Å². The van der Waals surface area contributed by atoms with Crippen LogP contribution in [0, 0.1) is 0 Å². The maximum absolute atomic E-state index is 11.1. The van der Waals surface area contributed by atoms with Crippen LogP contribution in [0.2, 0.25) is 0 Å².